The van der Waals surface area contributed by atoms with E-state index >= 15 is 0 Å². The predicted octanol–water partition coefficient (Wildman–Crippen LogP) is 1.45. The minimum absolute atomic E-state index is 0.0228. The summed E-state index contributed by atoms with van der Waals surface area (Å²) in [5.74, 6) is 0.0909. The van der Waals surface area contributed by atoms with Crippen molar-refractivity contribution in [1.29, 1.82) is 0 Å². The van der Waals surface area contributed by atoms with Crippen LogP contribution >= 0.6 is 23.1 Å². The highest BCUT2D eigenvalue weighted by molar-refractivity contribution is 8.01. The maximum absolute atomic E-state index is 10.6. The van der Waals surface area contributed by atoms with Crippen molar-refractivity contribution >= 4 is 45.2 Å². The molecule has 96 valence electrons. The van der Waals surface area contributed by atoms with Gasteiger partial charge in [0.1, 0.15) is 16.7 Å². The highest BCUT2D eigenvalue weighted by atomic mass is 32.2. The smallest absolute Gasteiger partial charge is 0.344 e. The highest BCUT2D eigenvalue weighted by Gasteiger charge is 2.16. The van der Waals surface area contributed by atoms with Crippen LogP contribution < -0.4 is 5.73 Å². The lowest BCUT2D eigenvalue weighted by Crippen LogP contribution is -1.96. The maximum atomic E-state index is 10.6. The van der Waals surface area contributed by atoms with Gasteiger partial charge in [-0.2, -0.15) is 4.98 Å². The Balaban J connectivity index is 2.00. The summed E-state index contributed by atoms with van der Waals surface area (Å²) in [6.45, 7) is 0. The van der Waals surface area contributed by atoms with Crippen LogP contribution in [0, 0.1) is 10.1 Å². The molecule has 11 heteroatoms. The number of rotatable bonds is 3. The number of thiazole rings is 1. The van der Waals surface area contributed by atoms with Crippen LogP contribution in [-0.2, 0) is 0 Å². The number of imidazole rings is 1. The molecule has 3 rings (SSSR count). The van der Waals surface area contributed by atoms with Crippen LogP contribution in [0.25, 0.3) is 11.2 Å². The number of aromatic nitrogens is 5. The van der Waals surface area contributed by atoms with Gasteiger partial charge >= 0.3 is 5.00 Å². The van der Waals surface area contributed by atoms with Crippen molar-refractivity contribution in [2.75, 3.05) is 5.73 Å². The Morgan fingerprint density at radius 2 is 2.26 bits per heavy atom. The Hall–Kier alpha value is -2.27. The maximum Gasteiger partial charge on any atom is 0.344 e. The van der Waals surface area contributed by atoms with Gasteiger partial charge in [0.25, 0.3) is 0 Å². The van der Waals surface area contributed by atoms with Gasteiger partial charge in [0.2, 0.25) is 5.95 Å². The monoisotopic (exact) mass is 295 g/mol. The van der Waals surface area contributed by atoms with Gasteiger partial charge in [0.05, 0.1) is 11.3 Å². The molecule has 0 aliphatic rings. The van der Waals surface area contributed by atoms with Gasteiger partial charge in [0.15, 0.2) is 9.99 Å². The molecule has 0 saturated carbocycles. The fourth-order valence-electron chi connectivity index (χ4n) is 1.36. The van der Waals surface area contributed by atoms with Gasteiger partial charge in [-0.05, 0) is 23.1 Å². The second-order valence-electron chi connectivity index (χ2n) is 3.31. The zero-order valence-electron chi connectivity index (χ0n) is 9.10. The number of nitrogens with two attached hydrogens (primary N) is 1. The Labute approximate surface area is 113 Å². The Morgan fingerprint density at radius 3 is 3.00 bits per heavy atom. The second kappa shape index (κ2) is 4.44. The quantitative estimate of drug-likeness (QED) is 0.421. The molecule has 0 spiro atoms. The van der Waals surface area contributed by atoms with E-state index in [1.807, 2.05) is 0 Å². The van der Waals surface area contributed by atoms with Gasteiger partial charge in [-0.1, -0.05) is 0 Å². The van der Waals surface area contributed by atoms with Crippen LogP contribution in [0.4, 0.5) is 10.9 Å². The molecule has 3 heterocycles. The number of anilines is 1. The fourth-order valence-corrected chi connectivity index (χ4v) is 3.15. The lowest BCUT2D eigenvalue weighted by molar-refractivity contribution is -0.380. The van der Waals surface area contributed by atoms with E-state index in [9.17, 15) is 10.1 Å². The van der Waals surface area contributed by atoms with Gasteiger partial charge < -0.3 is 10.7 Å². The molecular weight excluding hydrogens is 290 g/mol. The summed E-state index contributed by atoms with van der Waals surface area (Å²) in [5.41, 5.74) is 6.64. The molecule has 3 N–H and O–H groups in total. The molecule has 3 aromatic rings. The van der Waals surface area contributed by atoms with Crippen molar-refractivity contribution in [3.8, 4) is 0 Å². The molecule has 9 nitrogen and oxygen atoms in total. The fraction of sp³-hybridized carbons (Fsp3) is 0. The number of nitrogens with one attached hydrogen (secondary N) is 1. The minimum atomic E-state index is -0.484. The molecule has 3 aromatic heterocycles. The first kappa shape index (κ1) is 11.8. The number of nitro groups is 1. The highest BCUT2D eigenvalue weighted by Crippen LogP contribution is 2.35. The number of hydrogen-bond acceptors (Lipinski definition) is 9. The van der Waals surface area contributed by atoms with E-state index in [1.54, 1.807) is 0 Å². The van der Waals surface area contributed by atoms with E-state index in [0.29, 0.717) is 20.5 Å². The molecule has 0 fully saturated rings. The van der Waals surface area contributed by atoms with E-state index in [-0.39, 0.29) is 10.9 Å². The molecule has 0 saturated heterocycles. The Bertz CT molecular complexity index is 767. The third-order valence-electron chi connectivity index (χ3n) is 2.11. The SMILES string of the molecule is Nc1nc(Sc2ncc([N+](=O)[O-])s2)c2[nH]cnc2n1. The van der Waals surface area contributed by atoms with Crippen LogP contribution in [0.15, 0.2) is 21.9 Å². The molecule has 0 aliphatic carbocycles. The molecule has 0 aliphatic heterocycles. The van der Waals surface area contributed by atoms with Gasteiger partial charge in [-0.3, -0.25) is 10.1 Å². The lowest BCUT2D eigenvalue weighted by atomic mass is 10.5. The predicted molar refractivity (Wildman–Crippen MR) is 69.0 cm³/mol. The van der Waals surface area contributed by atoms with Gasteiger partial charge in [0, 0.05) is 0 Å². The van der Waals surface area contributed by atoms with Crippen molar-refractivity contribution < 1.29 is 4.92 Å². The van der Waals surface area contributed by atoms with Crippen molar-refractivity contribution in [2.45, 2.75) is 9.37 Å². The average molecular weight is 295 g/mol. The molecule has 0 unspecified atom stereocenters. The average Bonchev–Trinajstić information content (AvgIpc) is 2.96. The topological polar surface area (TPSA) is 137 Å². The van der Waals surface area contributed by atoms with E-state index in [1.165, 1.54) is 24.3 Å². The first-order valence-corrected chi connectivity index (χ1v) is 6.51. The number of hydrogen-bond donors (Lipinski definition) is 2. The van der Waals surface area contributed by atoms with E-state index in [2.05, 4.69) is 24.9 Å². The van der Waals surface area contributed by atoms with Gasteiger partial charge in [-0.15, -0.1) is 0 Å². The zero-order chi connectivity index (χ0) is 13.4. The number of nitrogen functional groups attached to an aromatic ring is 1. The zero-order valence-corrected chi connectivity index (χ0v) is 10.7. The number of H-pyrrole nitrogens is 1. The van der Waals surface area contributed by atoms with Crippen molar-refractivity contribution in [2.24, 2.45) is 0 Å². The number of nitrogens with zero attached hydrogens (tertiary/aromatic N) is 5. The molecule has 0 radical (unpaired) electrons. The summed E-state index contributed by atoms with van der Waals surface area (Å²) >= 11 is 2.14. The van der Waals surface area contributed by atoms with Crippen LogP contribution in [0.2, 0.25) is 0 Å². The van der Waals surface area contributed by atoms with Crippen LogP contribution in [0.5, 0.6) is 0 Å². The second-order valence-corrected chi connectivity index (χ2v) is 5.56. The standard InChI is InChI=1S/C8H5N7O2S2/c9-7-13-5-4(11-2-12-5)6(14-7)19-8-10-1-3(18-8)15(16)17/h1-2H,(H3,9,11,12,13,14). The summed E-state index contributed by atoms with van der Waals surface area (Å²) in [4.78, 5) is 29.0. The number of fused-ring (bicyclic) bond motifs is 1. The van der Waals surface area contributed by atoms with Crippen LogP contribution in [0.3, 0.4) is 0 Å². The third kappa shape index (κ3) is 2.20. The van der Waals surface area contributed by atoms with Crippen molar-refractivity contribution in [3.05, 3.63) is 22.6 Å². The summed E-state index contributed by atoms with van der Waals surface area (Å²) in [5, 5.41) is 11.1. The van der Waals surface area contributed by atoms with Crippen LogP contribution in [-0.4, -0.2) is 29.8 Å². The Kier molecular flexibility index (Phi) is 2.76. The molecule has 19 heavy (non-hydrogen) atoms. The number of aromatic amines is 1. The van der Waals surface area contributed by atoms with Crippen LogP contribution in [0.1, 0.15) is 0 Å². The molecular formula is C8H5N7O2S2. The molecule has 0 amide bonds. The molecule has 0 aromatic carbocycles. The van der Waals surface area contributed by atoms with Gasteiger partial charge in [-0.25, -0.2) is 15.0 Å². The third-order valence-corrected chi connectivity index (χ3v) is 4.12. The van der Waals surface area contributed by atoms with E-state index in [0.717, 1.165) is 11.3 Å². The summed E-state index contributed by atoms with van der Waals surface area (Å²) < 4.78 is 0.501. The van der Waals surface area contributed by atoms with E-state index < -0.39 is 4.92 Å². The minimum Gasteiger partial charge on any atom is -0.368 e. The summed E-state index contributed by atoms with van der Waals surface area (Å²) in [7, 11) is 0. The lowest BCUT2D eigenvalue weighted by Gasteiger charge is -1.99. The first-order valence-electron chi connectivity index (χ1n) is 4.88. The summed E-state index contributed by atoms with van der Waals surface area (Å²) in [6.07, 6.45) is 2.69. The van der Waals surface area contributed by atoms with Crippen molar-refractivity contribution in [3.63, 3.8) is 0 Å². The Morgan fingerprint density at radius 1 is 1.42 bits per heavy atom. The molecule has 0 atom stereocenters. The van der Waals surface area contributed by atoms with E-state index in [4.69, 9.17) is 5.73 Å². The summed E-state index contributed by atoms with van der Waals surface area (Å²) in [6, 6.07) is 0. The first-order chi connectivity index (χ1) is 9.13. The molecule has 0 bridgehead atoms. The van der Waals surface area contributed by atoms with Crippen molar-refractivity contribution in [1.82, 2.24) is 24.9 Å². The largest absolute Gasteiger partial charge is 0.368 e. The normalized spacial score (nSPS) is 10.9.